The zero-order valence-corrected chi connectivity index (χ0v) is 17.5. The maximum Gasteiger partial charge on any atom is 0.158 e. The Kier molecular flexibility index (Phi) is 5.25. The maximum atomic E-state index is 12.0. The van der Waals surface area contributed by atoms with Crippen LogP contribution in [0, 0.1) is 17.3 Å². The molecule has 1 saturated carbocycles. The molecule has 2 aliphatic carbocycles. The minimum Gasteiger partial charge on any atom is -0.497 e. The van der Waals surface area contributed by atoms with Crippen LogP contribution in [0.2, 0.25) is 0 Å². The first-order chi connectivity index (χ1) is 14.2. The van der Waals surface area contributed by atoms with Crippen molar-refractivity contribution in [2.24, 2.45) is 17.3 Å². The highest BCUT2D eigenvalue weighted by Gasteiger charge is 2.60. The van der Waals surface area contributed by atoms with Crippen LogP contribution in [-0.2, 0) is 16.1 Å². The highest BCUT2D eigenvalue weighted by Crippen LogP contribution is 2.54. The van der Waals surface area contributed by atoms with Crippen molar-refractivity contribution in [1.82, 2.24) is 4.90 Å². The van der Waals surface area contributed by atoms with Gasteiger partial charge in [0.1, 0.15) is 5.75 Å². The number of rotatable bonds is 5. The molecule has 0 amide bonds. The van der Waals surface area contributed by atoms with E-state index in [1.807, 2.05) is 6.08 Å². The van der Waals surface area contributed by atoms with E-state index in [1.165, 1.54) is 44.1 Å². The van der Waals surface area contributed by atoms with Gasteiger partial charge >= 0.3 is 0 Å². The zero-order valence-electron chi connectivity index (χ0n) is 17.5. The first-order valence-corrected chi connectivity index (χ1v) is 11.4. The number of allylic oxidation sites excluding steroid dienone is 1. The van der Waals surface area contributed by atoms with Gasteiger partial charge in [-0.25, -0.2) is 0 Å². The lowest BCUT2D eigenvalue weighted by Gasteiger charge is -2.33. The Balaban J connectivity index is 1.41. The van der Waals surface area contributed by atoms with Crippen LogP contribution in [0.5, 0.6) is 5.75 Å². The number of hydrogen-bond acceptors (Lipinski definition) is 4. The van der Waals surface area contributed by atoms with E-state index in [0.717, 1.165) is 31.4 Å². The summed E-state index contributed by atoms with van der Waals surface area (Å²) in [6, 6.07) is 9.05. The molecule has 1 aromatic carbocycles. The predicted molar refractivity (Wildman–Crippen MR) is 113 cm³/mol. The van der Waals surface area contributed by atoms with Crippen LogP contribution in [0.1, 0.15) is 50.5 Å². The highest BCUT2D eigenvalue weighted by molar-refractivity contribution is 5.91. The van der Waals surface area contributed by atoms with Crippen molar-refractivity contribution in [3.63, 3.8) is 0 Å². The fourth-order valence-electron chi connectivity index (χ4n) is 6.43. The lowest BCUT2D eigenvalue weighted by atomic mass is 9.68. The molecule has 1 unspecified atom stereocenters. The largest absolute Gasteiger partial charge is 0.497 e. The summed E-state index contributed by atoms with van der Waals surface area (Å²) in [5.74, 6) is 2.48. The fourth-order valence-corrected chi connectivity index (χ4v) is 6.43. The zero-order chi connectivity index (χ0) is 19.8. The monoisotopic (exact) mass is 395 g/mol. The van der Waals surface area contributed by atoms with Crippen LogP contribution < -0.4 is 4.74 Å². The average molecular weight is 396 g/mol. The van der Waals surface area contributed by atoms with E-state index in [4.69, 9.17) is 9.47 Å². The van der Waals surface area contributed by atoms with Crippen molar-refractivity contribution in [2.45, 2.75) is 63.6 Å². The third-order valence-electron chi connectivity index (χ3n) is 7.99. The fraction of sp³-hybridized carbons (Fsp3) is 0.640. The first-order valence-electron chi connectivity index (χ1n) is 11.4. The molecule has 4 heteroatoms. The van der Waals surface area contributed by atoms with E-state index in [0.29, 0.717) is 18.4 Å². The summed E-state index contributed by atoms with van der Waals surface area (Å²) in [4.78, 5) is 14.7. The Bertz CT molecular complexity index is 767. The molecule has 1 spiro atoms. The van der Waals surface area contributed by atoms with Crippen LogP contribution in [0.15, 0.2) is 36.4 Å². The number of ketones is 1. The molecular formula is C25H33NO3. The van der Waals surface area contributed by atoms with Crippen LogP contribution in [0.3, 0.4) is 0 Å². The molecule has 0 N–H and O–H groups in total. The quantitative estimate of drug-likeness (QED) is 0.742. The van der Waals surface area contributed by atoms with Crippen LogP contribution in [0.4, 0.5) is 0 Å². The number of likely N-dealkylation sites (tertiary alicyclic amines) is 1. The van der Waals surface area contributed by atoms with Gasteiger partial charge < -0.3 is 9.47 Å². The molecule has 5 rings (SSSR count). The normalized spacial score (nSPS) is 34.9. The molecule has 0 bridgehead atoms. The summed E-state index contributed by atoms with van der Waals surface area (Å²) in [5.41, 5.74) is 1.36. The second-order valence-electron chi connectivity index (χ2n) is 9.60. The number of hydrogen-bond donors (Lipinski definition) is 0. The Morgan fingerprint density at radius 3 is 2.72 bits per heavy atom. The molecule has 1 aromatic rings. The van der Waals surface area contributed by atoms with Gasteiger partial charge in [-0.2, -0.15) is 0 Å². The third-order valence-corrected chi connectivity index (χ3v) is 7.99. The van der Waals surface area contributed by atoms with Gasteiger partial charge in [0.2, 0.25) is 0 Å². The Labute approximate surface area is 174 Å². The Morgan fingerprint density at radius 2 is 1.97 bits per heavy atom. The number of carbonyl (C=O) groups excluding carboxylic acids is 1. The van der Waals surface area contributed by atoms with Gasteiger partial charge in [0.05, 0.1) is 19.8 Å². The lowest BCUT2D eigenvalue weighted by Crippen LogP contribution is -2.39. The number of methoxy groups -OCH3 is 1. The van der Waals surface area contributed by atoms with Gasteiger partial charge in [0.15, 0.2) is 5.78 Å². The summed E-state index contributed by atoms with van der Waals surface area (Å²) in [6.45, 7) is 2.78. The SMILES string of the molecule is COc1ccc(CN2C[C@@]34C=CC(=O)CC3OC[C@@H]4[C@@H]2CC2CCCCC2)cc1. The van der Waals surface area contributed by atoms with E-state index in [1.54, 1.807) is 7.11 Å². The molecule has 4 nitrogen and oxygen atoms in total. The van der Waals surface area contributed by atoms with E-state index in [9.17, 15) is 4.79 Å². The van der Waals surface area contributed by atoms with E-state index in [-0.39, 0.29) is 17.3 Å². The van der Waals surface area contributed by atoms with Gasteiger partial charge in [-0.05, 0) is 36.1 Å². The minimum atomic E-state index is 0.0275. The second kappa shape index (κ2) is 7.88. The van der Waals surface area contributed by atoms with Gasteiger partial charge in [-0.1, -0.05) is 50.3 Å². The molecule has 156 valence electrons. The first kappa shape index (κ1) is 19.3. The lowest BCUT2D eigenvalue weighted by molar-refractivity contribution is -0.118. The van der Waals surface area contributed by atoms with Crippen LogP contribution >= 0.6 is 0 Å². The van der Waals surface area contributed by atoms with Crippen molar-refractivity contribution >= 4 is 5.78 Å². The van der Waals surface area contributed by atoms with Gasteiger partial charge in [0.25, 0.3) is 0 Å². The summed E-state index contributed by atoms with van der Waals surface area (Å²) >= 11 is 0. The number of nitrogens with zero attached hydrogens (tertiary/aromatic N) is 1. The third kappa shape index (κ3) is 3.55. The number of benzene rings is 1. The molecule has 4 aliphatic rings. The van der Waals surface area contributed by atoms with E-state index >= 15 is 0 Å². The van der Waals surface area contributed by atoms with E-state index in [2.05, 4.69) is 35.2 Å². The van der Waals surface area contributed by atoms with Crippen LogP contribution in [0.25, 0.3) is 0 Å². The standard InChI is InChI=1S/C25H33NO3/c1-28-21-9-7-19(8-10-21)15-26-17-25-12-11-20(27)14-24(25)29-16-22(25)23(26)13-18-5-3-2-4-6-18/h7-12,18,22-24H,2-6,13-17H2,1H3/t22-,23+,24?,25-/m1/s1. The van der Waals surface area contributed by atoms with Crippen molar-refractivity contribution < 1.29 is 14.3 Å². The average Bonchev–Trinajstić information content (AvgIpc) is 3.24. The molecule has 0 radical (unpaired) electrons. The summed E-state index contributed by atoms with van der Waals surface area (Å²) in [7, 11) is 1.72. The summed E-state index contributed by atoms with van der Waals surface area (Å²) in [6.07, 6.45) is 12.9. The summed E-state index contributed by atoms with van der Waals surface area (Å²) < 4.78 is 11.5. The predicted octanol–water partition coefficient (Wildman–Crippen LogP) is 4.38. The van der Waals surface area contributed by atoms with Crippen molar-refractivity contribution in [1.29, 1.82) is 0 Å². The van der Waals surface area contributed by atoms with Crippen molar-refractivity contribution in [2.75, 3.05) is 20.3 Å². The number of ether oxygens (including phenoxy) is 2. The molecule has 3 fully saturated rings. The van der Waals surface area contributed by atoms with Crippen molar-refractivity contribution in [3.8, 4) is 5.75 Å². The summed E-state index contributed by atoms with van der Waals surface area (Å²) in [5, 5.41) is 0. The molecular weight excluding hydrogens is 362 g/mol. The molecule has 2 aliphatic heterocycles. The molecule has 0 aromatic heterocycles. The topological polar surface area (TPSA) is 38.8 Å². The van der Waals surface area contributed by atoms with Crippen LogP contribution in [-0.4, -0.2) is 43.1 Å². The molecule has 2 saturated heterocycles. The van der Waals surface area contributed by atoms with Gasteiger partial charge in [-0.3, -0.25) is 9.69 Å². The Hall–Kier alpha value is -1.65. The van der Waals surface area contributed by atoms with Gasteiger partial charge in [-0.15, -0.1) is 0 Å². The molecule has 2 heterocycles. The number of carbonyl (C=O) groups is 1. The smallest absolute Gasteiger partial charge is 0.158 e. The highest BCUT2D eigenvalue weighted by atomic mass is 16.5. The second-order valence-corrected chi connectivity index (χ2v) is 9.60. The minimum absolute atomic E-state index is 0.0275. The van der Waals surface area contributed by atoms with Crippen molar-refractivity contribution in [3.05, 3.63) is 42.0 Å². The van der Waals surface area contributed by atoms with Gasteiger partial charge in [0, 0.05) is 36.9 Å². The molecule has 29 heavy (non-hydrogen) atoms. The van der Waals surface area contributed by atoms with E-state index < -0.39 is 0 Å². The Morgan fingerprint density at radius 1 is 1.17 bits per heavy atom. The molecule has 4 atom stereocenters. The maximum absolute atomic E-state index is 12.0.